The monoisotopic (exact) mass is 250 g/mol. The molecule has 0 radical (unpaired) electrons. The Morgan fingerprint density at radius 1 is 1.50 bits per heavy atom. The molecular formula is C13H15FN2O2. The van der Waals surface area contributed by atoms with E-state index in [1.165, 1.54) is 16.9 Å². The number of rotatable bonds is 4. The van der Waals surface area contributed by atoms with E-state index < -0.39 is 11.9 Å². The molecule has 18 heavy (non-hydrogen) atoms. The molecule has 4 nitrogen and oxygen atoms in total. The zero-order valence-electron chi connectivity index (χ0n) is 10.3. The van der Waals surface area contributed by atoms with Crippen molar-refractivity contribution in [3.05, 3.63) is 42.0 Å². The fourth-order valence-corrected chi connectivity index (χ4v) is 1.65. The van der Waals surface area contributed by atoms with Crippen LogP contribution in [0.15, 0.2) is 30.6 Å². The predicted octanol–water partition coefficient (Wildman–Crippen LogP) is 2.46. The van der Waals surface area contributed by atoms with Gasteiger partial charge in [-0.15, -0.1) is 0 Å². The maximum absolute atomic E-state index is 13.9. The average molecular weight is 250 g/mol. The van der Waals surface area contributed by atoms with Gasteiger partial charge in [0.15, 0.2) is 5.75 Å². The second-order valence-corrected chi connectivity index (χ2v) is 3.94. The van der Waals surface area contributed by atoms with Gasteiger partial charge >= 0.3 is 0 Å². The van der Waals surface area contributed by atoms with Gasteiger partial charge in [-0.25, -0.2) is 9.07 Å². The second kappa shape index (κ2) is 5.18. The standard InChI is InChI=1S/C13H15FN2O2/c1-3-18-11-7-15-16(8-11)13-5-4-10(9(2)17)6-12(13)14/h4-9,17H,3H2,1-2H3. The molecule has 0 aliphatic rings. The van der Waals surface area contributed by atoms with E-state index in [9.17, 15) is 9.50 Å². The summed E-state index contributed by atoms with van der Waals surface area (Å²) in [4.78, 5) is 0. The molecule has 0 amide bonds. The minimum atomic E-state index is -0.690. The van der Waals surface area contributed by atoms with Gasteiger partial charge in [0.2, 0.25) is 0 Å². The summed E-state index contributed by atoms with van der Waals surface area (Å²) in [5.74, 6) is 0.163. The minimum absolute atomic E-state index is 0.324. The molecule has 1 aromatic carbocycles. The third-order valence-corrected chi connectivity index (χ3v) is 2.57. The summed E-state index contributed by atoms with van der Waals surface area (Å²) >= 11 is 0. The van der Waals surface area contributed by atoms with Gasteiger partial charge in [-0.2, -0.15) is 5.10 Å². The van der Waals surface area contributed by atoms with E-state index in [1.807, 2.05) is 6.92 Å². The van der Waals surface area contributed by atoms with Crippen LogP contribution in [-0.4, -0.2) is 21.5 Å². The summed E-state index contributed by atoms with van der Waals surface area (Å²) in [5, 5.41) is 13.4. The largest absolute Gasteiger partial charge is 0.491 e. The summed E-state index contributed by atoms with van der Waals surface area (Å²) in [7, 11) is 0. The van der Waals surface area contributed by atoms with E-state index in [1.54, 1.807) is 25.3 Å². The lowest BCUT2D eigenvalue weighted by Crippen LogP contribution is -2.00. The molecule has 0 bridgehead atoms. The number of nitrogens with zero attached hydrogens (tertiary/aromatic N) is 2. The molecule has 5 heteroatoms. The molecular weight excluding hydrogens is 235 g/mol. The van der Waals surface area contributed by atoms with Crippen LogP contribution in [0, 0.1) is 5.82 Å². The van der Waals surface area contributed by atoms with Crippen molar-refractivity contribution in [1.29, 1.82) is 0 Å². The van der Waals surface area contributed by atoms with Crippen molar-refractivity contribution in [1.82, 2.24) is 9.78 Å². The van der Waals surface area contributed by atoms with E-state index in [0.717, 1.165) is 0 Å². The van der Waals surface area contributed by atoms with E-state index in [0.29, 0.717) is 23.6 Å². The van der Waals surface area contributed by atoms with E-state index in [4.69, 9.17) is 4.74 Å². The highest BCUT2D eigenvalue weighted by Crippen LogP contribution is 2.20. The molecule has 2 aromatic rings. The normalized spacial score (nSPS) is 12.4. The fraction of sp³-hybridized carbons (Fsp3) is 0.308. The Hall–Kier alpha value is -1.88. The number of halogens is 1. The third-order valence-electron chi connectivity index (χ3n) is 2.57. The van der Waals surface area contributed by atoms with Gasteiger partial charge in [0.1, 0.15) is 11.5 Å². The van der Waals surface area contributed by atoms with Crippen LogP contribution < -0.4 is 4.74 Å². The summed E-state index contributed by atoms with van der Waals surface area (Å²) in [6.07, 6.45) is 2.46. The van der Waals surface area contributed by atoms with Crippen LogP contribution in [-0.2, 0) is 0 Å². The average Bonchev–Trinajstić information content (AvgIpc) is 2.77. The summed E-state index contributed by atoms with van der Waals surface area (Å²) in [6.45, 7) is 4.00. The molecule has 1 N–H and O–H groups in total. The number of ether oxygens (including phenoxy) is 1. The molecule has 1 unspecified atom stereocenters. The Morgan fingerprint density at radius 2 is 2.28 bits per heavy atom. The van der Waals surface area contributed by atoms with Crippen molar-refractivity contribution < 1.29 is 14.2 Å². The molecule has 1 aromatic heterocycles. The van der Waals surface area contributed by atoms with Crippen molar-refractivity contribution in [2.45, 2.75) is 20.0 Å². The van der Waals surface area contributed by atoms with E-state index in [-0.39, 0.29) is 0 Å². The Labute approximate surface area is 105 Å². The number of benzene rings is 1. The number of hydrogen-bond acceptors (Lipinski definition) is 3. The molecule has 0 aliphatic heterocycles. The van der Waals surface area contributed by atoms with Crippen LogP contribution >= 0.6 is 0 Å². The zero-order chi connectivity index (χ0) is 13.1. The molecule has 0 fully saturated rings. The van der Waals surface area contributed by atoms with Gasteiger partial charge in [0.05, 0.1) is 25.1 Å². The Kier molecular flexibility index (Phi) is 3.62. The highest BCUT2D eigenvalue weighted by atomic mass is 19.1. The summed E-state index contributed by atoms with van der Waals surface area (Å²) in [6, 6.07) is 4.56. The number of aliphatic hydroxyl groups is 1. The highest BCUT2D eigenvalue weighted by molar-refractivity contribution is 5.37. The third kappa shape index (κ3) is 2.51. The van der Waals surface area contributed by atoms with Crippen molar-refractivity contribution in [3.63, 3.8) is 0 Å². The second-order valence-electron chi connectivity index (χ2n) is 3.94. The molecule has 1 heterocycles. The number of hydrogen-bond donors (Lipinski definition) is 1. The lowest BCUT2D eigenvalue weighted by molar-refractivity contribution is 0.199. The molecule has 1 atom stereocenters. The van der Waals surface area contributed by atoms with Gasteiger partial charge in [0, 0.05) is 0 Å². The maximum atomic E-state index is 13.9. The van der Waals surface area contributed by atoms with Crippen LogP contribution in [0.3, 0.4) is 0 Å². The van der Waals surface area contributed by atoms with Crippen LogP contribution in [0.25, 0.3) is 5.69 Å². The Bertz CT molecular complexity index is 538. The number of aliphatic hydroxyl groups excluding tert-OH is 1. The van der Waals surface area contributed by atoms with E-state index >= 15 is 0 Å². The molecule has 0 aliphatic carbocycles. The van der Waals surface area contributed by atoms with Crippen molar-refractivity contribution in [2.24, 2.45) is 0 Å². The molecule has 0 saturated heterocycles. The lowest BCUT2D eigenvalue weighted by Gasteiger charge is -2.08. The van der Waals surface area contributed by atoms with Crippen molar-refractivity contribution in [2.75, 3.05) is 6.61 Å². The maximum Gasteiger partial charge on any atom is 0.157 e. The smallest absolute Gasteiger partial charge is 0.157 e. The van der Waals surface area contributed by atoms with Crippen LogP contribution in [0.1, 0.15) is 25.5 Å². The lowest BCUT2D eigenvalue weighted by atomic mass is 10.1. The minimum Gasteiger partial charge on any atom is -0.491 e. The zero-order valence-corrected chi connectivity index (χ0v) is 10.3. The van der Waals surface area contributed by atoms with Gasteiger partial charge in [-0.3, -0.25) is 0 Å². The van der Waals surface area contributed by atoms with Crippen LogP contribution in [0.2, 0.25) is 0 Å². The molecule has 2 rings (SSSR count). The Balaban J connectivity index is 2.32. The van der Waals surface area contributed by atoms with Gasteiger partial charge < -0.3 is 9.84 Å². The van der Waals surface area contributed by atoms with Gasteiger partial charge in [-0.05, 0) is 31.5 Å². The van der Waals surface area contributed by atoms with Gasteiger partial charge in [0.25, 0.3) is 0 Å². The van der Waals surface area contributed by atoms with E-state index in [2.05, 4.69) is 5.10 Å². The Morgan fingerprint density at radius 3 is 2.89 bits per heavy atom. The first-order chi connectivity index (χ1) is 8.61. The summed E-state index contributed by atoms with van der Waals surface area (Å²) < 4.78 is 20.6. The number of aromatic nitrogens is 2. The van der Waals surface area contributed by atoms with Gasteiger partial charge in [-0.1, -0.05) is 6.07 Å². The first kappa shape index (κ1) is 12.6. The first-order valence-corrected chi connectivity index (χ1v) is 5.77. The van der Waals surface area contributed by atoms with Crippen molar-refractivity contribution >= 4 is 0 Å². The first-order valence-electron chi connectivity index (χ1n) is 5.77. The van der Waals surface area contributed by atoms with Crippen molar-refractivity contribution in [3.8, 4) is 11.4 Å². The topological polar surface area (TPSA) is 47.3 Å². The molecule has 96 valence electrons. The molecule has 0 spiro atoms. The predicted molar refractivity (Wildman–Crippen MR) is 65.3 cm³/mol. The SMILES string of the molecule is CCOc1cnn(-c2ccc(C(C)O)cc2F)c1. The quantitative estimate of drug-likeness (QED) is 0.906. The summed E-state index contributed by atoms with van der Waals surface area (Å²) in [5.41, 5.74) is 0.860. The van der Waals surface area contributed by atoms with Crippen LogP contribution in [0.4, 0.5) is 4.39 Å². The molecule has 0 saturated carbocycles. The highest BCUT2D eigenvalue weighted by Gasteiger charge is 2.10. The fourth-order valence-electron chi connectivity index (χ4n) is 1.65. The van der Waals surface area contributed by atoms with Crippen LogP contribution in [0.5, 0.6) is 5.75 Å².